The van der Waals surface area contributed by atoms with Gasteiger partial charge in [-0.05, 0) is 61.1 Å². The summed E-state index contributed by atoms with van der Waals surface area (Å²) in [6.45, 7) is 5.89. The van der Waals surface area contributed by atoms with Crippen LogP contribution in [0.3, 0.4) is 0 Å². The first kappa shape index (κ1) is 30.5. The van der Waals surface area contributed by atoms with E-state index in [4.69, 9.17) is 4.98 Å². The quantitative estimate of drug-likeness (QED) is 0.156. The zero-order valence-electron chi connectivity index (χ0n) is 24.8. The first-order valence-electron chi connectivity index (χ1n) is 14.7. The van der Waals surface area contributed by atoms with Crippen LogP contribution in [0.5, 0.6) is 0 Å². The number of likely N-dealkylation sites (N-methyl/N-ethyl adjacent to an activating group) is 1. The standard InChI is InChI=1S/C35H43N3O2S/c1-5-10-28(11-6-2)29-16-14-27(15-17-29)23-37(3)31-20-18-30(19-21-31)32-25-41-34(36-32)24-38(4)33(35(39)40)22-26-12-8-7-9-13-26/h7-9,12-21,25,28,33H,5-6,10-11,22-24H2,1-4H3,(H,39,40). The molecule has 4 aromatic rings. The number of nitrogens with zero attached hydrogens (tertiary/aromatic N) is 3. The van der Waals surface area contributed by atoms with E-state index in [1.165, 1.54) is 36.8 Å². The Morgan fingerprint density at radius 2 is 1.51 bits per heavy atom. The highest BCUT2D eigenvalue weighted by atomic mass is 32.1. The van der Waals surface area contributed by atoms with Crippen LogP contribution in [0.4, 0.5) is 5.69 Å². The third-order valence-electron chi connectivity index (χ3n) is 7.77. The Morgan fingerprint density at radius 1 is 0.854 bits per heavy atom. The highest BCUT2D eigenvalue weighted by Crippen LogP contribution is 2.28. The lowest BCUT2D eigenvalue weighted by Crippen LogP contribution is -2.39. The van der Waals surface area contributed by atoms with Gasteiger partial charge in [0.2, 0.25) is 0 Å². The van der Waals surface area contributed by atoms with Gasteiger partial charge in [-0.25, -0.2) is 4.98 Å². The lowest BCUT2D eigenvalue weighted by atomic mass is 9.90. The third-order valence-corrected chi connectivity index (χ3v) is 8.61. The molecule has 5 nitrogen and oxygen atoms in total. The van der Waals surface area contributed by atoms with E-state index in [-0.39, 0.29) is 0 Å². The fraction of sp³-hybridized carbons (Fsp3) is 0.371. The average Bonchev–Trinajstić information content (AvgIpc) is 3.45. The van der Waals surface area contributed by atoms with Crippen LogP contribution in [-0.2, 0) is 24.3 Å². The van der Waals surface area contributed by atoms with Crippen molar-refractivity contribution in [2.24, 2.45) is 0 Å². The van der Waals surface area contributed by atoms with Crippen molar-refractivity contribution in [3.63, 3.8) is 0 Å². The largest absolute Gasteiger partial charge is 0.480 e. The first-order valence-corrected chi connectivity index (χ1v) is 15.6. The summed E-state index contributed by atoms with van der Waals surface area (Å²) in [6, 6.07) is 26.9. The number of carboxylic acids is 1. The van der Waals surface area contributed by atoms with E-state index in [1.54, 1.807) is 11.3 Å². The van der Waals surface area contributed by atoms with Crippen LogP contribution in [0.1, 0.15) is 67.1 Å². The fourth-order valence-electron chi connectivity index (χ4n) is 5.43. The molecule has 216 valence electrons. The number of aromatic nitrogens is 1. The van der Waals surface area contributed by atoms with Gasteiger partial charge in [-0.3, -0.25) is 9.69 Å². The minimum absolute atomic E-state index is 0.461. The van der Waals surface area contributed by atoms with E-state index in [0.717, 1.165) is 34.1 Å². The van der Waals surface area contributed by atoms with Crippen molar-refractivity contribution >= 4 is 23.0 Å². The molecular weight excluding hydrogens is 526 g/mol. The van der Waals surface area contributed by atoms with Crippen molar-refractivity contribution in [1.29, 1.82) is 0 Å². The van der Waals surface area contributed by atoms with Gasteiger partial charge in [-0.1, -0.05) is 93.4 Å². The predicted octanol–water partition coefficient (Wildman–Crippen LogP) is 8.26. The summed E-state index contributed by atoms with van der Waals surface area (Å²) in [4.78, 5) is 21.0. The Morgan fingerprint density at radius 3 is 2.12 bits per heavy atom. The van der Waals surface area contributed by atoms with Gasteiger partial charge in [0.05, 0.1) is 12.2 Å². The van der Waals surface area contributed by atoms with E-state index in [0.29, 0.717) is 18.9 Å². The van der Waals surface area contributed by atoms with Crippen molar-refractivity contribution in [2.45, 2.75) is 71.0 Å². The molecule has 1 atom stereocenters. The van der Waals surface area contributed by atoms with E-state index in [2.05, 4.69) is 79.7 Å². The van der Waals surface area contributed by atoms with Crippen LogP contribution in [0, 0.1) is 0 Å². The fourth-order valence-corrected chi connectivity index (χ4v) is 6.30. The Bertz CT molecular complexity index is 1350. The Labute approximate surface area is 249 Å². The monoisotopic (exact) mass is 569 g/mol. The number of hydrogen-bond acceptors (Lipinski definition) is 5. The molecule has 6 heteroatoms. The molecule has 1 unspecified atom stereocenters. The van der Waals surface area contributed by atoms with Gasteiger partial charge in [0.15, 0.2) is 0 Å². The SMILES string of the molecule is CCCC(CCC)c1ccc(CN(C)c2ccc(-c3csc(CN(C)C(Cc4ccccc4)C(=O)O)n3)cc2)cc1. The molecule has 0 aliphatic heterocycles. The second-order valence-corrected chi connectivity index (χ2v) is 11.9. The summed E-state index contributed by atoms with van der Waals surface area (Å²) in [5, 5.41) is 12.8. The van der Waals surface area contributed by atoms with Crippen molar-refractivity contribution in [3.05, 3.63) is 106 Å². The maximum atomic E-state index is 12.0. The normalized spacial score (nSPS) is 12.1. The Hall–Kier alpha value is -3.48. The zero-order chi connectivity index (χ0) is 29.2. The highest BCUT2D eigenvalue weighted by molar-refractivity contribution is 7.09. The van der Waals surface area contributed by atoms with Crippen LogP contribution < -0.4 is 4.90 Å². The van der Waals surface area contributed by atoms with Crippen molar-refractivity contribution in [1.82, 2.24) is 9.88 Å². The van der Waals surface area contributed by atoms with Gasteiger partial charge in [-0.2, -0.15) is 0 Å². The summed E-state index contributed by atoms with van der Waals surface area (Å²) in [5.74, 6) is -0.148. The predicted molar refractivity (Wildman–Crippen MR) is 172 cm³/mol. The van der Waals surface area contributed by atoms with Gasteiger partial charge in [0, 0.05) is 30.2 Å². The molecule has 41 heavy (non-hydrogen) atoms. The molecular formula is C35H43N3O2S. The molecule has 0 saturated carbocycles. The molecule has 1 heterocycles. The summed E-state index contributed by atoms with van der Waals surface area (Å²) in [5.41, 5.74) is 6.94. The highest BCUT2D eigenvalue weighted by Gasteiger charge is 2.24. The van der Waals surface area contributed by atoms with Crippen LogP contribution in [-0.4, -0.2) is 41.1 Å². The Kier molecular flexibility index (Phi) is 11.1. The van der Waals surface area contributed by atoms with E-state index < -0.39 is 12.0 Å². The van der Waals surface area contributed by atoms with E-state index >= 15 is 0 Å². The number of aliphatic carboxylic acids is 1. The molecule has 0 radical (unpaired) electrons. The number of benzene rings is 3. The second kappa shape index (κ2) is 14.9. The molecule has 0 fully saturated rings. The molecule has 1 aromatic heterocycles. The van der Waals surface area contributed by atoms with Crippen molar-refractivity contribution in [3.8, 4) is 11.3 Å². The van der Waals surface area contributed by atoms with Crippen LogP contribution in [0.2, 0.25) is 0 Å². The average molecular weight is 570 g/mol. The zero-order valence-corrected chi connectivity index (χ0v) is 25.6. The Balaban J connectivity index is 1.35. The lowest BCUT2D eigenvalue weighted by Gasteiger charge is -2.23. The van der Waals surface area contributed by atoms with Gasteiger partial charge in [0.1, 0.15) is 11.0 Å². The molecule has 0 aliphatic carbocycles. The maximum Gasteiger partial charge on any atom is 0.321 e. The molecule has 0 spiro atoms. The van der Waals surface area contributed by atoms with Gasteiger partial charge < -0.3 is 10.0 Å². The van der Waals surface area contributed by atoms with Gasteiger partial charge in [0.25, 0.3) is 0 Å². The minimum Gasteiger partial charge on any atom is -0.480 e. The molecule has 1 N–H and O–H groups in total. The third kappa shape index (κ3) is 8.51. The molecule has 4 rings (SSSR count). The topological polar surface area (TPSA) is 56.7 Å². The smallest absolute Gasteiger partial charge is 0.321 e. The lowest BCUT2D eigenvalue weighted by molar-refractivity contribution is -0.142. The number of carbonyl (C=O) groups is 1. The molecule has 0 amide bonds. The van der Waals surface area contributed by atoms with Crippen LogP contribution >= 0.6 is 11.3 Å². The van der Waals surface area contributed by atoms with E-state index in [9.17, 15) is 9.90 Å². The van der Waals surface area contributed by atoms with Crippen molar-refractivity contribution in [2.75, 3.05) is 19.0 Å². The number of thiazole rings is 1. The summed E-state index contributed by atoms with van der Waals surface area (Å²) >= 11 is 1.57. The molecule has 0 aliphatic rings. The molecule has 0 saturated heterocycles. The van der Waals surface area contributed by atoms with Gasteiger partial charge >= 0.3 is 5.97 Å². The maximum absolute atomic E-state index is 12.0. The minimum atomic E-state index is -0.819. The van der Waals surface area contributed by atoms with Crippen molar-refractivity contribution < 1.29 is 9.90 Å². The van der Waals surface area contributed by atoms with E-state index in [1.807, 2.05) is 42.3 Å². The van der Waals surface area contributed by atoms with Crippen LogP contribution in [0.15, 0.2) is 84.2 Å². The number of anilines is 1. The second-order valence-electron chi connectivity index (χ2n) is 11.0. The number of hydrogen-bond donors (Lipinski definition) is 1. The number of rotatable bonds is 15. The first-order chi connectivity index (χ1) is 19.9. The summed E-state index contributed by atoms with van der Waals surface area (Å²) < 4.78 is 0. The molecule has 0 bridgehead atoms. The summed E-state index contributed by atoms with van der Waals surface area (Å²) in [7, 11) is 3.99. The van der Waals surface area contributed by atoms with Gasteiger partial charge in [-0.15, -0.1) is 11.3 Å². The molecule has 3 aromatic carbocycles. The van der Waals surface area contributed by atoms with Crippen LogP contribution in [0.25, 0.3) is 11.3 Å². The number of carboxylic acid groups (broad SMARTS) is 1. The summed E-state index contributed by atoms with van der Waals surface area (Å²) in [6.07, 6.45) is 5.43.